The Kier molecular flexibility index (Phi) is 4.09. The number of aromatic nitrogens is 2. The third-order valence-corrected chi connectivity index (χ3v) is 6.27. The topological polar surface area (TPSA) is 83.3 Å². The summed E-state index contributed by atoms with van der Waals surface area (Å²) < 4.78 is 6.22. The van der Waals surface area contributed by atoms with Crippen molar-refractivity contribution in [3.05, 3.63) is 29.3 Å². The molecule has 2 unspecified atom stereocenters. The number of nitrogens with one attached hydrogen (secondary N) is 2. The number of oxazole rings is 1. The number of anilines is 1. The summed E-state index contributed by atoms with van der Waals surface area (Å²) in [5.74, 6) is 0.602. The maximum absolute atomic E-state index is 12.2. The van der Waals surface area contributed by atoms with Crippen LogP contribution >= 0.6 is 11.3 Å². The van der Waals surface area contributed by atoms with Crippen LogP contribution < -0.4 is 15.5 Å². The van der Waals surface area contributed by atoms with Crippen LogP contribution in [0.3, 0.4) is 0 Å². The molecule has 0 radical (unpaired) electrons. The van der Waals surface area contributed by atoms with E-state index in [-0.39, 0.29) is 5.91 Å². The zero-order valence-corrected chi connectivity index (χ0v) is 15.9. The Morgan fingerprint density at radius 1 is 1.44 bits per heavy atom. The fourth-order valence-electron chi connectivity index (χ4n) is 4.08. The molecule has 7 nitrogen and oxygen atoms in total. The van der Waals surface area contributed by atoms with Crippen molar-refractivity contribution in [3.8, 4) is 10.6 Å². The Morgan fingerprint density at radius 3 is 3.19 bits per heavy atom. The lowest BCUT2D eigenvalue weighted by Gasteiger charge is -2.23. The summed E-state index contributed by atoms with van der Waals surface area (Å²) in [7, 11) is 1.63. The first-order chi connectivity index (χ1) is 13.2. The minimum atomic E-state index is -0.143. The standard InChI is InChI=1S/C19H21N5O2S/c1-20-17(25)12-7-14(18-21-3-5-27-18)16-15(8-12)23-19(26-16)24-4-2-11-6-13(10-24)22-9-11/h3,5,7-8,11,13,22H,2,4,6,9-10H2,1H3,(H,20,25). The fraction of sp³-hybridized carbons (Fsp3) is 0.421. The normalized spacial score (nSPS) is 22.2. The smallest absolute Gasteiger partial charge is 0.298 e. The first-order valence-electron chi connectivity index (χ1n) is 9.26. The van der Waals surface area contributed by atoms with Crippen molar-refractivity contribution in [2.24, 2.45) is 5.92 Å². The molecule has 2 aromatic heterocycles. The van der Waals surface area contributed by atoms with Gasteiger partial charge in [-0.2, -0.15) is 4.98 Å². The quantitative estimate of drug-likeness (QED) is 0.723. The number of thiazole rings is 1. The molecule has 2 aliphatic rings. The number of rotatable bonds is 3. The van der Waals surface area contributed by atoms with Crippen LogP contribution in [-0.4, -0.2) is 48.6 Å². The molecule has 5 rings (SSSR count). The van der Waals surface area contributed by atoms with E-state index in [9.17, 15) is 4.79 Å². The molecule has 27 heavy (non-hydrogen) atoms. The molecule has 4 heterocycles. The second-order valence-electron chi connectivity index (χ2n) is 7.23. The lowest BCUT2D eigenvalue weighted by molar-refractivity contribution is 0.0963. The van der Waals surface area contributed by atoms with Crippen LogP contribution in [0.4, 0.5) is 6.01 Å². The molecule has 0 aliphatic carbocycles. The van der Waals surface area contributed by atoms with Gasteiger partial charge in [-0.1, -0.05) is 0 Å². The second kappa shape index (κ2) is 6.61. The Morgan fingerprint density at radius 2 is 2.37 bits per heavy atom. The third-order valence-electron chi connectivity index (χ3n) is 5.46. The van der Waals surface area contributed by atoms with Crippen molar-refractivity contribution < 1.29 is 9.21 Å². The van der Waals surface area contributed by atoms with Gasteiger partial charge in [0.15, 0.2) is 5.58 Å². The molecule has 2 saturated heterocycles. The lowest BCUT2D eigenvalue weighted by Crippen LogP contribution is -2.38. The SMILES string of the molecule is CNC(=O)c1cc(-c2nccs2)c2oc(N3CCC4CNC(C4)C3)nc2c1. The van der Waals surface area contributed by atoms with Gasteiger partial charge < -0.3 is 20.0 Å². The number of nitrogens with zero attached hydrogens (tertiary/aromatic N) is 3. The Labute approximate surface area is 160 Å². The summed E-state index contributed by atoms with van der Waals surface area (Å²) in [6.45, 7) is 2.97. The molecular weight excluding hydrogens is 362 g/mol. The largest absolute Gasteiger partial charge is 0.423 e. The predicted octanol–water partition coefficient (Wildman–Crippen LogP) is 2.50. The Balaban J connectivity index is 1.59. The molecule has 2 aliphatic heterocycles. The van der Waals surface area contributed by atoms with Gasteiger partial charge in [0, 0.05) is 43.3 Å². The summed E-state index contributed by atoms with van der Waals surface area (Å²) in [5.41, 5.74) is 2.76. The van der Waals surface area contributed by atoms with Crippen LogP contribution in [0.25, 0.3) is 21.7 Å². The molecule has 1 amide bonds. The van der Waals surface area contributed by atoms with Gasteiger partial charge in [0.05, 0.1) is 5.56 Å². The lowest BCUT2D eigenvalue weighted by atomic mass is 10.0. The highest BCUT2D eigenvalue weighted by Gasteiger charge is 2.31. The minimum absolute atomic E-state index is 0.143. The number of benzene rings is 1. The molecule has 2 atom stereocenters. The minimum Gasteiger partial charge on any atom is -0.423 e. The van der Waals surface area contributed by atoms with Gasteiger partial charge in [0.2, 0.25) is 0 Å². The number of hydrogen-bond donors (Lipinski definition) is 2. The van der Waals surface area contributed by atoms with E-state index in [4.69, 9.17) is 9.40 Å². The maximum Gasteiger partial charge on any atom is 0.298 e. The van der Waals surface area contributed by atoms with Gasteiger partial charge in [-0.3, -0.25) is 4.79 Å². The van der Waals surface area contributed by atoms with Crippen molar-refractivity contribution in [2.75, 3.05) is 31.6 Å². The maximum atomic E-state index is 12.2. The number of fused-ring (bicyclic) bond motifs is 3. The van der Waals surface area contributed by atoms with Crippen molar-refractivity contribution in [2.45, 2.75) is 18.9 Å². The molecule has 3 aromatic rings. The average Bonchev–Trinajstić information content (AvgIpc) is 3.39. The van der Waals surface area contributed by atoms with Gasteiger partial charge in [-0.05, 0) is 37.4 Å². The first kappa shape index (κ1) is 16.7. The fourth-order valence-corrected chi connectivity index (χ4v) is 4.73. The predicted molar refractivity (Wildman–Crippen MR) is 105 cm³/mol. The monoisotopic (exact) mass is 383 g/mol. The van der Waals surface area contributed by atoms with Gasteiger partial charge in [0.1, 0.15) is 10.5 Å². The van der Waals surface area contributed by atoms with Gasteiger partial charge in [-0.15, -0.1) is 11.3 Å². The van der Waals surface area contributed by atoms with Gasteiger partial charge >= 0.3 is 0 Å². The van der Waals surface area contributed by atoms with E-state index >= 15 is 0 Å². The summed E-state index contributed by atoms with van der Waals surface area (Å²) in [4.78, 5) is 23.6. The molecule has 2 fully saturated rings. The summed E-state index contributed by atoms with van der Waals surface area (Å²) in [6, 6.07) is 4.75. The van der Waals surface area contributed by atoms with E-state index in [0.717, 1.165) is 42.5 Å². The zero-order valence-electron chi connectivity index (χ0n) is 15.1. The van der Waals surface area contributed by atoms with E-state index in [1.54, 1.807) is 19.3 Å². The number of amides is 1. The molecule has 2 N–H and O–H groups in total. The van der Waals surface area contributed by atoms with E-state index in [0.29, 0.717) is 28.7 Å². The van der Waals surface area contributed by atoms with Crippen LogP contribution in [0.1, 0.15) is 23.2 Å². The highest BCUT2D eigenvalue weighted by Crippen LogP contribution is 2.35. The van der Waals surface area contributed by atoms with Gasteiger partial charge in [-0.25, -0.2) is 4.98 Å². The average molecular weight is 383 g/mol. The molecule has 8 heteroatoms. The van der Waals surface area contributed by atoms with Crippen molar-refractivity contribution >= 4 is 34.4 Å². The van der Waals surface area contributed by atoms with Crippen molar-refractivity contribution in [1.29, 1.82) is 0 Å². The molecule has 0 saturated carbocycles. The van der Waals surface area contributed by atoms with Crippen LogP contribution in [0.15, 0.2) is 28.1 Å². The Bertz CT molecular complexity index is 984. The van der Waals surface area contributed by atoms with Crippen LogP contribution in [0.2, 0.25) is 0 Å². The van der Waals surface area contributed by atoms with Crippen LogP contribution in [-0.2, 0) is 0 Å². The van der Waals surface area contributed by atoms with Crippen molar-refractivity contribution in [3.63, 3.8) is 0 Å². The molecule has 0 spiro atoms. The van der Waals surface area contributed by atoms with Crippen LogP contribution in [0, 0.1) is 5.92 Å². The van der Waals surface area contributed by atoms with Crippen molar-refractivity contribution in [1.82, 2.24) is 20.6 Å². The number of hydrogen-bond acceptors (Lipinski definition) is 7. The zero-order chi connectivity index (χ0) is 18.4. The van der Waals surface area contributed by atoms with E-state index < -0.39 is 0 Å². The van der Waals surface area contributed by atoms with E-state index in [1.807, 2.05) is 11.4 Å². The summed E-state index contributed by atoms with van der Waals surface area (Å²) in [6.07, 6.45) is 4.12. The summed E-state index contributed by atoms with van der Waals surface area (Å²) in [5, 5.41) is 9.01. The second-order valence-corrected chi connectivity index (χ2v) is 8.12. The molecular formula is C19H21N5O2S. The number of carbonyl (C=O) groups excluding carboxylic acids is 1. The highest BCUT2D eigenvalue weighted by molar-refractivity contribution is 7.13. The van der Waals surface area contributed by atoms with Gasteiger partial charge in [0.25, 0.3) is 11.9 Å². The molecule has 1 aromatic carbocycles. The molecule has 2 bridgehead atoms. The molecule has 140 valence electrons. The van der Waals surface area contributed by atoms with E-state index in [1.165, 1.54) is 17.8 Å². The third kappa shape index (κ3) is 2.98. The highest BCUT2D eigenvalue weighted by atomic mass is 32.1. The first-order valence-corrected chi connectivity index (χ1v) is 10.1. The number of carbonyl (C=O) groups is 1. The summed E-state index contributed by atoms with van der Waals surface area (Å²) >= 11 is 1.52. The van der Waals surface area contributed by atoms with Crippen LogP contribution in [0.5, 0.6) is 0 Å². The Hall–Kier alpha value is -2.45. The van der Waals surface area contributed by atoms with E-state index in [2.05, 4.69) is 20.5 Å².